The Bertz CT molecular complexity index is 484. The van der Waals surface area contributed by atoms with E-state index in [1.807, 2.05) is 11.7 Å². The summed E-state index contributed by atoms with van der Waals surface area (Å²) in [7, 11) is 0. The second-order valence-electron chi connectivity index (χ2n) is 4.62. The summed E-state index contributed by atoms with van der Waals surface area (Å²) in [5.41, 5.74) is 9.21. The van der Waals surface area contributed by atoms with Crippen LogP contribution < -0.4 is 5.73 Å². The highest BCUT2D eigenvalue weighted by atomic mass is 32.1. The minimum absolute atomic E-state index is 0.183. The summed E-state index contributed by atoms with van der Waals surface area (Å²) in [6.07, 6.45) is 7.77. The quantitative estimate of drug-likeness (QED) is 0.905. The van der Waals surface area contributed by atoms with Crippen LogP contribution in [0.3, 0.4) is 0 Å². The van der Waals surface area contributed by atoms with Crippen LogP contribution in [0.25, 0.3) is 9.88 Å². The van der Waals surface area contributed by atoms with Gasteiger partial charge in [-0.15, -0.1) is 22.7 Å². The van der Waals surface area contributed by atoms with Gasteiger partial charge in [0.15, 0.2) is 0 Å². The summed E-state index contributed by atoms with van der Waals surface area (Å²) in [4.78, 5) is 9.94. The average Bonchev–Trinajstić information content (AvgIpc) is 3.01. The number of rotatable bonds is 2. The van der Waals surface area contributed by atoms with E-state index in [9.17, 15) is 0 Å². The maximum Gasteiger partial charge on any atom is 0.135 e. The van der Waals surface area contributed by atoms with E-state index in [1.165, 1.54) is 19.3 Å². The van der Waals surface area contributed by atoms with Crippen molar-refractivity contribution in [2.75, 3.05) is 0 Å². The van der Waals surface area contributed by atoms with Crippen molar-refractivity contribution < 1.29 is 0 Å². The first-order valence-electron chi connectivity index (χ1n) is 5.92. The van der Waals surface area contributed by atoms with Gasteiger partial charge in [0, 0.05) is 11.6 Å². The van der Waals surface area contributed by atoms with E-state index >= 15 is 0 Å². The first-order valence-corrected chi connectivity index (χ1v) is 7.68. The second kappa shape index (κ2) is 4.48. The van der Waals surface area contributed by atoms with Gasteiger partial charge in [-0.05, 0) is 12.8 Å². The third kappa shape index (κ3) is 2.14. The van der Waals surface area contributed by atoms with Crippen molar-refractivity contribution in [2.24, 2.45) is 5.73 Å². The molecule has 0 unspecified atom stereocenters. The highest BCUT2D eigenvalue weighted by Crippen LogP contribution is 2.37. The molecule has 0 amide bonds. The molecule has 0 atom stereocenters. The molecule has 0 aromatic carbocycles. The highest BCUT2D eigenvalue weighted by molar-refractivity contribution is 7.19. The SMILES string of the molecule is NC1(c2csc(-c3cncs3)n2)CCCCC1. The summed E-state index contributed by atoms with van der Waals surface area (Å²) >= 11 is 3.31. The standard InChI is InChI=1S/C12H15N3S2/c13-12(4-2-1-3-5-12)10-7-16-11(15-10)9-6-14-8-17-9/h6-8H,1-5,13H2. The molecule has 0 saturated heterocycles. The third-order valence-electron chi connectivity index (χ3n) is 3.40. The molecule has 0 spiro atoms. The Hall–Kier alpha value is -0.780. The van der Waals surface area contributed by atoms with Gasteiger partial charge in [0.2, 0.25) is 0 Å². The average molecular weight is 265 g/mol. The van der Waals surface area contributed by atoms with Gasteiger partial charge in [-0.3, -0.25) is 4.98 Å². The predicted molar refractivity (Wildman–Crippen MR) is 72.2 cm³/mol. The van der Waals surface area contributed by atoms with Gasteiger partial charge in [-0.25, -0.2) is 4.98 Å². The van der Waals surface area contributed by atoms with Gasteiger partial charge in [-0.2, -0.15) is 0 Å². The number of hydrogen-bond donors (Lipinski definition) is 1. The molecule has 1 saturated carbocycles. The fourth-order valence-corrected chi connectivity index (χ4v) is 4.00. The molecule has 0 aliphatic heterocycles. The lowest BCUT2D eigenvalue weighted by molar-refractivity contribution is 0.296. The number of hydrogen-bond acceptors (Lipinski definition) is 5. The zero-order chi connectivity index (χ0) is 11.7. The number of thiazole rings is 2. The third-order valence-corrected chi connectivity index (χ3v) is 5.19. The lowest BCUT2D eigenvalue weighted by Crippen LogP contribution is -2.38. The zero-order valence-electron chi connectivity index (χ0n) is 9.56. The lowest BCUT2D eigenvalue weighted by atomic mass is 9.81. The molecular formula is C12H15N3S2. The van der Waals surface area contributed by atoms with Crippen molar-refractivity contribution in [3.8, 4) is 9.88 Å². The van der Waals surface area contributed by atoms with Crippen LogP contribution in [0.15, 0.2) is 17.1 Å². The van der Waals surface area contributed by atoms with Gasteiger partial charge >= 0.3 is 0 Å². The van der Waals surface area contributed by atoms with Crippen LogP contribution in [-0.2, 0) is 5.54 Å². The van der Waals surface area contributed by atoms with E-state index in [0.29, 0.717) is 0 Å². The Kier molecular flexibility index (Phi) is 2.98. The number of aromatic nitrogens is 2. The van der Waals surface area contributed by atoms with Crippen molar-refractivity contribution in [1.29, 1.82) is 0 Å². The number of nitrogens with two attached hydrogens (primary N) is 1. The van der Waals surface area contributed by atoms with Gasteiger partial charge in [0.25, 0.3) is 0 Å². The molecular weight excluding hydrogens is 250 g/mol. The van der Waals surface area contributed by atoms with Gasteiger partial charge < -0.3 is 5.73 Å². The maximum atomic E-state index is 6.48. The van der Waals surface area contributed by atoms with Crippen LogP contribution in [0.1, 0.15) is 37.8 Å². The van der Waals surface area contributed by atoms with Gasteiger partial charge in [-0.1, -0.05) is 19.3 Å². The van der Waals surface area contributed by atoms with Crippen molar-refractivity contribution in [3.05, 3.63) is 22.8 Å². The molecule has 90 valence electrons. The molecule has 3 nitrogen and oxygen atoms in total. The van der Waals surface area contributed by atoms with Crippen LogP contribution in [0, 0.1) is 0 Å². The van der Waals surface area contributed by atoms with Gasteiger partial charge in [0.1, 0.15) is 5.01 Å². The Morgan fingerprint density at radius 1 is 1.18 bits per heavy atom. The molecule has 2 aromatic rings. The van der Waals surface area contributed by atoms with Crippen molar-refractivity contribution >= 4 is 22.7 Å². The van der Waals surface area contributed by atoms with E-state index in [2.05, 4.69) is 10.4 Å². The molecule has 1 aliphatic rings. The van der Waals surface area contributed by atoms with Crippen LogP contribution in [-0.4, -0.2) is 9.97 Å². The second-order valence-corrected chi connectivity index (χ2v) is 6.36. The van der Waals surface area contributed by atoms with Gasteiger partial charge in [0.05, 0.1) is 21.6 Å². The zero-order valence-corrected chi connectivity index (χ0v) is 11.2. The summed E-state index contributed by atoms with van der Waals surface area (Å²) in [6.45, 7) is 0. The minimum Gasteiger partial charge on any atom is -0.320 e. The van der Waals surface area contributed by atoms with Crippen LogP contribution in [0.5, 0.6) is 0 Å². The first-order chi connectivity index (χ1) is 8.28. The van der Waals surface area contributed by atoms with Crippen molar-refractivity contribution in [1.82, 2.24) is 9.97 Å². The fraction of sp³-hybridized carbons (Fsp3) is 0.500. The Labute approximate surface area is 109 Å². The van der Waals surface area contributed by atoms with E-state index < -0.39 is 0 Å². The van der Waals surface area contributed by atoms with Crippen LogP contribution in [0.2, 0.25) is 0 Å². The maximum absolute atomic E-state index is 6.48. The van der Waals surface area contributed by atoms with E-state index in [1.54, 1.807) is 22.7 Å². The fourth-order valence-electron chi connectivity index (χ4n) is 2.38. The summed E-state index contributed by atoms with van der Waals surface area (Å²) in [5, 5.41) is 3.18. The van der Waals surface area contributed by atoms with E-state index in [-0.39, 0.29) is 5.54 Å². The monoisotopic (exact) mass is 265 g/mol. The lowest BCUT2D eigenvalue weighted by Gasteiger charge is -2.31. The normalized spacial score (nSPS) is 19.4. The molecule has 0 radical (unpaired) electrons. The topological polar surface area (TPSA) is 51.8 Å². The summed E-state index contributed by atoms with van der Waals surface area (Å²) < 4.78 is 0. The van der Waals surface area contributed by atoms with Crippen molar-refractivity contribution in [2.45, 2.75) is 37.6 Å². The molecule has 1 fully saturated rings. The Balaban J connectivity index is 1.89. The number of nitrogens with zero attached hydrogens (tertiary/aromatic N) is 2. The van der Waals surface area contributed by atoms with Crippen molar-refractivity contribution in [3.63, 3.8) is 0 Å². The molecule has 5 heteroatoms. The highest BCUT2D eigenvalue weighted by Gasteiger charge is 2.31. The summed E-state index contributed by atoms with van der Waals surface area (Å²) in [6, 6.07) is 0. The molecule has 17 heavy (non-hydrogen) atoms. The molecule has 0 bridgehead atoms. The molecule has 2 aromatic heterocycles. The van der Waals surface area contributed by atoms with E-state index in [0.717, 1.165) is 28.4 Å². The molecule has 1 aliphatic carbocycles. The largest absolute Gasteiger partial charge is 0.320 e. The first kappa shape index (κ1) is 11.3. The summed E-state index contributed by atoms with van der Waals surface area (Å²) in [5.74, 6) is 0. The Morgan fingerprint density at radius 2 is 2.00 bits per heavy atom. The van der Waals surface area contributed by atoms with Crippen LogP contribution in [0.4, 0.5) is 0 Å². The molecule has 2 heterocycles. The Morgan fingerprint density at radius 3 is 2.71 bits per heavy atom. The van der Waals surface area contributed by atoms with E-state index in [4.69, 9.17) is 10.7 Å². The molecule has 3 rings (SSSR count). The molecule has 2 N–H and O–H groups in total. The minimum atomic E-state index is -0.183. The smallest absolute Gasteiger partial charge is 0.135 e. The van der Waals surface area contributed by atoms with Crippen LogP contribution >= 0.6 is 22.7 Å². The predicted octanol–water partition coefficient (Wildman–Crippen LogP) is 3.38.